The van der Waals surface area contributed by atoms with Crippen LogP contribution in [0.3, 0.4) is 0 Å². The van der Waals surface area contributed by atoms with Gasteiger partial charge < -0.3 is 0 Å². The third kappa shape index (κ3) is 3.15. The highest BCUT2D eigenvalue weighted by Crippen LogP contribution is 2.30. The number of rotatable bonds is 3. The third-order valence-corrected chi connectivity index (χ3v) is 5.35. The lowest BCUT2D eigenvalue weighted by atomic mass is 9.99. The molecular weight excluding hydrogens is 354 g/mol. The first-order chi connectivity index (χ1) is 13.1. The van der Waals surface area contributed by atoms with E-state index >= 15 is 0 Å². The van der Waals surface area contributed by atoms with Crippen LogP contribution in [0.1, 0.15) is 5.56 Å². The van der Waals surface area contributed by atoms with Gasteiger partial charge in [0.15, 0.2) is 10.8 Å². The number of pyridine rings is 1. The van der Waals surface area contributed by atoms with Crippen molar-refractivity contribution in [1.29, 1.82) is 0 Å². The molecule has 0 bridgehead atoms. The third-order valence-electron chi connectivity index (χ3n) is 4.62. The summed E-state index contributed by atoms with van der Waals surface area (Å²) in [5, 5.41) is 1.21. The Kier molecular flexibility index (Phi) is 4.54. The van der Waals surface area contributed by atoms with Crippen LogP contribution in [0.5, 0.6) is 0 Å². The van der Waals surface area contributed by atoms with Gasteiger partial charge >= 0.3 is 0 Å². The van der Waals surface area contributed by atoms with E-state index in [-0.39, 0.29) is 5.56 Å². The minimum absolute atomic E-state index is 0.0768. The van der Waals surface area contributed by atoms with E-state index in [4.69, 9.17) is 4.98 Å². The molecule has 0 unspecified atom stereocenters. The van der Waals surface area contributed by atoms with Crippen LogP contribution in [0.4, 0.5) is 0 Å². The summed E-state index contributed by atoms with van der Waals surface area (Å²) in [6, 6.07) is 20.2. The molecular formula is C22H19N3OS. The zero-order valence-electron chi connectivity index (χ0n) is 15.4. The first kappa shape index (κ1) is 17.5. The maximum absolute atomic E-state index is 13.1. The fourth-order valence-corrected chi connectivity index (χ4v) is 3.68. The van der Waals surface area contributed by atoms with Gasteiger partial charge in [0.05, 0.1) is 11.1 Å². The van der Waals surface area contributed by atoms with Gasteiger partial charge in [0.2, 0.25) is 0 Å². The van der Waals surface area contributed by atoms with E-state index < -0.39 is 0 Å². The summed E-state index contributed by atoms with van der Waals surface area (Å²) in [7, 11) is 1.75. The monoisotopic (exact) mass is 373 g/mol. The van der Waals surface area contributed by atoms with Crippen molar-refractivity contribution in [1.82, 2.24) is 14.5 Å². The molecule has 0 amide bonds. The summed E-state index contributed by atoms with van der Waals surface area (Å²) >= 11 is 1.44. The maximum atomic E-state index is 13.1. The van der Waals surface area contributed by atoms with Crippen molar-refractivity contribution >= 4 is 22.8 Å². The molecule has 5 heteroatoms. The van der Waals surface area contributed by atoms with Gasteiger partial charge in [-0.2, -0.15) is 0 Å². The average molecular weight is 373 g/mol. The molecule has 134 valence electrons. The predicted molar refractivity (Wildman–Crippen MR) is 112 cm³/mol. The van der Waals surface area contributed by atoms with Crippen molar-refractivity contribution in [2.75, 3.05) is 6.26 Å². The van der Waals surface area contributed by atoms with Crippen LogP contribution in [0.2, 0.25) is 0 Å². The Morgan fingerprint density at radius 3 is 2.30 bits per heavy atom. The number of benzene rings is 2. The molecule has 2 aromatic heterocycles. The fraction of sp³-hybridized carbons (Fsp3) is 0.136. The lowest BCUT2D eigenvalue weighted by Crippen LogP contribution is -2.21. The maximum Gasteiger partial charge on any atom is 0.264 e. The number of aryl methyl sites for hydroxylation is 1. The van der Waals surface area contributed by atoms with Crippen LogP contribution in [0.25, 0.3) is 33.4 Å². The van der Waals surface area contributed by atoms with Crippen molar-refractivity contribution < 1.29 is 0 Å². The highest BCUT2D eigenvalue weighted by molar-refractivity contribution is 7.98. The van der Waals surface area contributed by atoms with E-state index in [0.717, 1.165) is 22.4 Å². The second kappa shape index (κ2) is 7.00. The highest BCUT2D eigenvalue weighted by Gasteiger charge is 2.16. The van der Waals surface area contributed by atoms with Crippen LogP contribution in [-0.4, -0.2) is 20.8 Å². The Bertz CT molecular complexity index is 1180. The van der Waals surface area contributed by atoms with E-state index in [0.29, 0.717) is 16.2 Å². The predicted octanol–water partition coefficient (Wildman–Crippen LogP) is 4.69. The van der Waals surface area contributed by atoms with E-state index in [1.54, 1.807) is 11.6 Å². The first-order valence-electron chi connectivity index (χ1n) is 8.66. The lowest BCUT2D eigenvalue weighted by Gasteiger charge is -2.12. The molecule has 0 fully saturated rings. The van der Waals surface area contributed by atoms with Crippen molar-refractivity contribution in [2.45, 2.75) is 12.1 Å². The quantitative estimate of drug-likeness (QED) is 0.386. The van der Waals surface area contributed by atoms with E-state index in [2.05, 4.69) is 24.0 Å². The topological polar surface area (TPSA) is 47.8 Å². The molecule has 0 saturated carbocycles. The van der Waals surface area contributed by atoms with Gasteiger partial charge in [-0.15, -0.1) is 0 Å². The summed E-state index contributed by atoms with van der Waals surface area (Å²) < 4.78 is 1.59. The second-order valence-corrected chi connectivity index (χ2v) is 7.22. The van der Waals surface area contributed by atoms with E-state index in [1.165, 1.54) is 17.3 Å². The van der Waals surface area contributed by atoms with Gasteiger partial charge in [0.25, 0.3) is 5.56 Å². The molecule has 0 aliphatic carbocycles. The van der Waals surface area contributed by atoms with Crippen LogP contribution in [-0.2, 0) is 7.05 Å². The molecule has 0 spiro atoms. The summed E-state index contributed by atoms with van der Waals surface area (Å²) in [4.78, 5) is 22.5. The summed E-state index contributed by atoms with van der Waals surface area (Å²) in [6.07, 6.45) is 1.91. The van der Waals surface area contributed by atoms with E-state index in [9.17, 15) is 4.79 Å². The Hall–Kier alpha value is -2.92. The molecule has 0 saturated heterocycles. The molecule has 0 aliphatic rings. The summed E-state index contributed by atoms with van der Waals surface area (Å²) in [6.45, 7) is 2.05. The molecule has 2 heterocycles. The van der Waals surface area contributed by atoms with Gasteiger partial charge in [0.1, 0.15) is 0 Å². The van der Waals surface area contributed by atoms with Crippen molar-refractivity contribution in [2.24, 2.45) is 7.05 Å². The van der Waals surface area contributed by atoms with Crippen molar-refractivity contribution in [3.63, 3.8) is 0 Å². The van der Waals surface area contributed by atoms with Crippen LogP contribution in [0, 0.1) is 6.92 Å². The van der Waals surface area contributed by atoms with Crippen molar-refractivity contribution in [3.05, 3.63) is 76.6 Å². The van der Waals surface area contributed by atoms with Crippen LogP contribution in [0.15, 0.2) is 70.6 Å². The molecule has 0 atom stereocenters. The second-order valence-electron chi connectivity index (χ2n) is 6.45. The summed E-state index contributed by atoms with van der Waals surface area (Å²) in [5.74, 6) is 0. The average Bonchev–Trinajstić information content (AvgIpc) is 2.71. The standard InChI is InChI=1S/C22H19N3OS/c1-14-9-11-15(12-10-14)17-13-18(16-7-5-4-6-8-16)23-20-19(17)21(26)25(2)22(24-20)27-3/h4-13H,1-3H3. The lowest BCUT2D eigenvalue weighted by molar-refractivity contribution is 0.725. The Balaban J connectivity index is 2.10. The molecule has 0 N–H and O–H groups in total. The van der Waals surface area contributed by atoms with Gasteiger partial charge in [-0.3, -0.25) is 9.36 Å². The molecule has 0 radical (unpaired) electrons. The van der Waals surface area contributed by atoms with Gasteiger partial charge in [0, 0.05) is 18.2 Å². The summed E-state index contributed by atoms with van der Waals surface area (Å²) in [5.41, 5.74) is 5.25. The zero-order valence-corrected chi connectivity index (χ0v) is 16.2. The van der Waals surface area contributed by atoms with Gasteiger partial charge in [-0.05, 0) is 24.8 Å². The molecule has 0 aliphatic heterocycles. The number of hydrogen-bond donors (Lipinski definition) is 0. The highest BCUT2D eigenvalue weighted by atomic mass is 32.2. The minimum Gasteiger partial charge on any atom is -0.290 e. The number of aromatic nitrogens is 3. The van der Waals surface area contributed by atoms with Gasteiger partial charge in [-0.1, -0.05) is 71.9 Å². The number of fused-ring (bicyclic) bond motifs is 1. The van der Waals surface area contributed by atoms with E-state index in [1.807, 2.05) is 54.8 Å². The molecule has 4 nitrogen and oxygen atoms in total. The Morgan fingerprint density at radius 1 is 0.926 bits per heavy atom. The fourth-order valence-electron chi connectivity index (χ4n) is 3.14. The minimum atomic E-state index is -0.0768. The van der Waals surface area contributed by atoms with Crippen LogP contribution >= 0.6 is 11.8 Å². The largest absolute Gasteiger partial charge is 0.290 e. The molecule has 27 heavy (non-hydrogen) atoms. The SMILES string of the molecule is CSc1nc2nc(-c3ccccc3)cc(-c3ccc(C)cc3)c2c(=O)n1C. The Labute approximate surface area is 161 Å². The van der Waals surface area contributed by atoms with Crippen LogP contribution < -0.4 is 5.56 Å². The molecule has 2 aromatic carbocycles. The normalized spacial score (nSPS) is 11.1. The molecule has 4 aromatic rings. The molecule has 4 rings (SSSR count). The number of nitrogens with zero attached hydrogens (tertiary/aromatic N) is 3. The van der Waals surface area contributed by atoms with Gasteiger partial charge in [-0.25, -0.2) is 9.97 Å². The number of hydrogen-bond acceptors (Lipinski definition) is 4. The van der Waals surface area contributed by atoms with Crippen molar-refractivity contribution in [3.8, 4) is 22.4 Å². The smallest absolute Gasteiger partial charge is 0.264 e. The first-order valence-corrected chi connectivity index (χ1v) is 9.89. The number of thioether (sulfide) groups is 1. The zero-order chi connectivity index (χ0) is 19.0. The Morgan fingerprint density at radius 2 is 1.63 bits per heavy atom.